The third kappa shape index (κ3) is 9.86. The Kier molecular flexibility index (Phi) is 14.2. The number of hydrogen-bond acceptors (Lipinski definition) is 6. The maximum atomic E-state index is 13.8. The zero-order valence-corrected chi connectivity index (χ0v) is 33.7. The van der Waals surface area contributed by atoms with Crippen molar-refractivity contribution in [1.29, 1.82) is 0 Å². The number of methoxy groups -OCH3 is 1. The Labute approximate surface area is 343 Å². The number of alkyl halides is 6. The van der Waals surface area contributed by atoms with Crippen LogP contribution in [0.2, 0.25) is 10.0 Å². The average Bonchev–Trinajstić information content (AvgIpc) is 3.47. The number of benzene rings is 3. The molecule has 0 radical (unpaired) electrons. The molecule has 2 saturated heterocycles. The Morgan fingerprint density at radius 3 is 2.23 bits per heavy atom. The van der Waals surface area contributed by atoms with Crippen LogP contribution in [0.5, 0.6) is 0 Å². The van der Waals surface area contributed by atoms with Gasteiger partial charge >= 0.3 is 12.4 Å². The molecule has 0 unspecified atom stereocenters. The van der Waals surface area contributed by atoms with Crippen LogP contribution in [0.25, 0.3) is 0 Å². The summed E-state index contributed by atoms with van der Waals surface area (Å²) in [5, 5.41) is 0.494. The lowest BCUT2D eigenvalue weighted by Crippen LogP contribution is -2.54. The summed E-state index contributed by atoms with van der Waals surface area (Å²) in [4.78, 5) is 31.8. The fourth-order valence-corrected chi connectivity index (χ4v) is 8.48. The lowest BCUT2D eigenvalue weighted by Gasteiger charge is -2.46. The molecule has 312 valence electrons. The van der Waals surface area contributed by atoms with Crippen LogP contribution in [0.1, 0.15) is 57.4 Å². The number of halogens is 9. The fourth-order valence-electron chi connectivity index (χ4n) is 8.18. The summed E-state index contributed by atoms with van der Waals surface area (Å²) in [5.41, 5.74) is -2.43. The molecule has 1 spiro atoms. The van der Waals surface area contributed by atoms with Crippen LogP contribution in [0.15, 0.2) is 60.7 Å². The van der Waals surface area contributed by atoms with E-state index in [9.17, 15) is 35.9 Å². The number of carbonyl (C=O) groups is 2. The van der Waals surface area contributed by atoms with E-state index in [2.05, 4.69) is 17.0 Å². The number of hydrogen-bond donors (Lipinski definition) is 0. The molecule has 8 nitrogen and oxygen atoms in total. The predicted molar refractivity (Wildman–Crippen MR) is 205 cm³/mol. The number of piperidine rings is 1. The molecule has 1 aliphatic carbocycles. The molecule has 0 saturated carbocycles. The number of morpholine rings is 1. The van der Waals surface area contributed by atoms with Crippen molar-refractivity contribution in [3.05, 3.63) is 104 Å². The molecule has 0 aromatic heterocycles. The molecule has 0 bridgehead atoms. The van der Waals surface area contributed by atoms with E-state index in [0.29, 0.717) is 63.3 Å². The van der Waals surface area contributed by atoms with Gasteiger partial charge in [-0.3, -0.25) is 9.59 Å². The highest BCUT2D eigenvalue weighted by Crippen LogP contribution is 2.48. The van der Waals surface area contributed by atoms with Gasteiger partial charge in [0.25, 0.3) is 5.91 Å². The molecule has 2 aliphatic heterocycles. The van der Waals surface area contributed by atoms with Crippen LogP contribution in [0.3, 0.4) is 0 Å². The first-order valence-electron chi connectivity index (χ1n) is 18.3. The maximum Gasteiger partial charge on any atom is 0.416 e. The van der Waals surface area contributed by atoms with Gasteiger partial charge in [0.15, 0.2) is 0 Å². The molecule has 2 fully saturated rings. The summed E-state index contributed by atoms with van der Waals surface area (Å²) in [7, 11) is 3.29. The molecule has 6 rings (SSSR count). The van der Waals surface area contributed by atoms with Gasteiger partial charge < -0.3 is 28.9 Å². The molecule has 3 aromatic carbocycles. The lowest BCUT2D eigenvalue weighted by molar-refractivity contribution is -0.143. The van der Waals surface area contributed by atoms with Crippen LogP contribution < -0.4 is 0 Å². The third-order valence-corrected chi connectivity index (χ3v) is 12.1. The normalized spacial score (nSPS) is 20.9. The smallest absolute Gasteiger partial charge is 0.383 e. The summed E-state index contributed by atoms with van der Waals surface area (Å²) in [6.07, 6.45) is -7.95. The lowest BCUT2D eigenvalue weighted by atomic mass is 9.72. The quantitative estimate of drug-likeness (QED) is 0.181. The van der Waals surface area contributed by atoms with Crippen LogP contribution in [0.4, 0.5) is 26.3 Å². The second-order valence-electron chi connectivity index (χ2n) is 14.7. The standard InChI is InChI=1S/C40H43Cl2F6N3O5.ClH/c1-49(15-17-54-2)35(52)24-55-34-21-26-5-3-4-6-31(26)37(34)9-12-50(13-10-37)14-11-38(28-7-8-32(41)33(42)23-28)25-51(16-18-56-38)36(53)27-19-29(39(43,44)45)22-30(20-27)40(46,47)48;/h3-8,19-20,22-23,34H,9-18,21,24-25H2,1-2H3;1H/t34-,38+;/m0./s1. The minimum Gasteiger partial charge on any atom is -0.383 e. The largest absolute Gasteiger partial charge is 0.416 e. The summed E-state index contributed by atoms with van der Waals surface area (Å²) in [5.74, 6) is -1.12. The summed E-state index contributed by atoms with van der Waals surface area (Å²) in [6, 6.07) is 14.0. The van der Waals surface area contributed by atoms with Crippen molar-refractivity contribution in [3.8, 4) is 0 Å². The number of likely N-dealkylation sites (tertiary alicyclic amines) is 1. The zero-order chi connectivity index (χ0) is 40.5. The summed E-state index contributed by atoms with van der Waals surface area (Å²) >= 11 is 12.7. The Morgan fingerprint density at radius 2 is 1.60 bits per heavy atom. The molecule has 2 amide bonds. The van der Waals surface area contributed by atoms with Crippen molar-refractivity contribution in [1.82, 2.24) is 14.7 Å². The van der Waals surface area contributed by atoms with Crippen molar-refractivity contribution in [2.75, 3.05) is 73.2 Å². The third-order valence-electron chi connectivity index (χ3n) is 11.4. The topological polar surface area (TPSA) is 71.5 Å². The van der Waals surface area contributed by atoms with E-state index in [-0.39, 0.29) is 72.2 Å². The molecule has 17 heteroatoms. The SMILES string of the molecule is COCCN(C)C(=O)CO[C@H]1Cc2ccccc2C12CCN(CC[C@]1(c3ccc(Cl)c(Cl)c3)CN(C(=O)c3cc(C(F)(F)F)cc(C(F)(F)F)c3)CCO1)CC2.Cl. The van der Waals surface area contributed by atoms with Crippen molar-refractivity contribution >= 4 is 47.4 Å². The zero-order valence-electron chi connectivity index (χ0n) is 31.4. The van der Waals surface area contributed by atoms with Gasteiger partial charge in [0.05, 0.1) is 47.0 Å². The predicted octanol–water partition coefficient (Wildman–Crippen LogP) is 8.29. The number of likely N-dealkylation sites (N-methyl/N-ethyl adjacent to an activating group) is 1. The van der Waals surface area contributed by atoms with Gasteiger partial charge in [-0.2, -0.15) is 26.3 Å². The molecular weight excluding hydrogens is 823 g/mol. The van der Waals surface area contributed by atoms with Gasteiger partial charge in [0.1, 0.15) is 12.2 Å². The van der Waals surface area contributed by atoms with E-state index in [1.807, 2.05) is 12.1 Å². The van der Waals surface area contributed by atoms with Crippen LogP contribution >= 0.6 is 35.6 Å². The fraction of sp³-hybridized carbons (Fsp3) is 0.500. The molecule has 2 atom stereocenters. The van der Waals surface area contributed by atoms with E-state index in [1.165, 1.54) is 16.0 Å². The van der Waals surface area contributed by atoms with E-state index < -0.39 is 40.6 Å². The second kappa shape index (κ2) is 18.0. The summed E-state index contributed by atoms with van der Waals surface area (Å²) in [6.45, 7) is 2.38. The van der Waals surface area contributed by atoms with Gasteiger partial charge in [-0.1, -0.05) is 53.5 Å². The summed E-state index contributed by atoms with van der Waals surface area (Å²) < 4.78 is 100. The minimum atomic E-state index is -5.11. The number of rotatable bonds is 11. The highest BCUT2D eigenvalue weighted by atomic mass is 35.5. The van der Waals surface area contributed by atoms with Gasteiger partial charge in [0, 0.05) is 44.8 Å². The van der Waals surface area contributed by atoms with Gasteiger partial charge in [-0.05, 0) is 85.8 Å². The van der Waals surface area contributed by atoms with Gasteiger partial charge in [-0.15, -0.1) is 12.4 Å². The van der Waals surface area contributed by atoms with E-state index in [1.54, 1.807) is 37.3 Å². The monoisotopic (exact) mass is 865 g/mol. The highest BCUT2D eigenvalue weighted by molar-refractivity contribution is 6.42. The second-order valence-corrected chi connectivity index (χ2v) is 15.5. The Bertz CT molecular complexity index is 1880. The maximum absolute atomic E-state index is 13.8. The molecular formula is C40H44Cl3F6N3O5. The Morgan fingerprint density at radius 1 is 0.930 bits per heavy atom. The first kappa shape index (κ1) is 45.0. The van der Waals surface area contributed by atoms with Gasteiger partial charge in [-0.25, -0.2) is 0 Å². The van der Waals surface area contributed by atoms with Gasteiger partial charge in [0.2, 0.25) is 5.91 Å². The molecule has 2 heterocycles. The molecule has 57 heavy (non-hydrogen) atoms. The van der Waals surface area contributed by atoms with E-state index in [0.717, 1.165) is 12.8 Å². The van der Waals surface area contributed by atoms with Crippen LogP contribution in [0, 0.1) is 0 Å². The Hall–Kier alpha value is -3.11. The van der Waals surface area contributed by atoms with Crippen molar-refractivity contribution in [3.63, 3.8) is 0 Å². The first-order chi connectivity index (χ1) is 26.5. The average molecular weight is 867 g/mol. The molecule has 3 aliphatic rings. The Balaban J connectivity index is 0.00000620. The minimum absolute atomic E-state index is 0. The number of carbonyl (C=O) groups excluding carboxylic acids is 2. The number of amides is 2. The highest BCUT2D eigenvalue weighted by Gasteiger charge is 2.50. The molecule has 3 aromatic rings. The first-order valence-corrected chi connectivity index (χ1v) is 19.0. The van der Waals surface area contributed by atoms with Crippen molar-refractivity contribution in [2.45, 2.75) is 55.2 Å². The number of ether oxygens (including phenoxy) is 3. The molecule has 0 N–H and O–H groups in total. The van der Waals surface area contributed by atoms with Crippen molar-refractivity contribution < 1.29 is 50.1 Å². The number of nitrogens with zero attached hydrogens (tertiary/aromatic N) is 3. The van der Waals surface area contributed by atoms with Crippen LogP contribution in [-0.4, -0.2) is 106 Å². The van der Waals surface area contributed by atoms with E-state index in [4.69, 9.17) is 37.4 Å². The van der Waals surface area contributed by atoms with Crippen molar-refractivity contribution in [2.24, 2.45) is 0 Å². The van der Waals surface area contributed by atoms with Crippen LogP contribution in [-0.2, 0) is 48.8 Å². The number of fused-ring (bicyclic) bond motifs is 2. The van der Waals surface area contributed by atoms with E-state index >= 15 is 0 Å².